The molecule has 0 aromatic carbocycles. The topological polar surface area (TPSA) is 55.0 Å². The lowest BCUT2D eigenvalue weighted by molar-refractivity contribution is 0.296. The lowest BCUT2D eigenvalue weighted by Crippen LogP contribution is -2.25. The minimum absolute atomic E-state index is 0.398. The molecule has 0 radical (unpaired) electrons. The quantitative estimate of drug-likeness (QED) is 0.836. The van der Waals surface area contributed by atoms with Gasteiger partial charge in [-0.1, -0.05) is 0 Å². The van der Waals surface area contributed by atoms with Gasteiger partial charge >= 0.3 is 0 Å². The van der Waals surface area contributed by atoms with Crippen LogP contribution >= 0.6 is 0 Å². The van der Waals surface area contributed by atoms with E-state index >= 15 is 0 Å². The van der Waals surface area contributed by atoms with Crippen LogP contribution in [0.3, 0.4) is 0 Å². The summed E-state index contributed by atoms with van der Waals surface area (Å²) in [6, 6.07) is 2.75. The molecule has 88 valence electrons. The maximum atomic E-state index is 5.64. The summed E-state index contributed by atoms with van der Waals surface area (Å²) in [6.45, 7) is 3.19. The highest BCUT2D eigenvalue weighted by molar-refractivity contribution is 5.21. The molecule has 4 heteroatoms. The molecule has 0 aliphatic carbocycles. The molecule has 1 unspecified atom stereocenters. The Balaban J connectivity index is 1.94. The number of hydrogen-bond acceptors (Lipinski definition) is 4. The molecule has 0 amide bonds. The van der Waals surface area contributed by atoms with E-state index in [2.05, 4.69) is 21.9 Å². The van der Waals surface area contributed by atoms with Crippen LogP contribution in [0.5, 0.6) is 0 Å². The molecule has 0 spiro atoms. The van der Waals surface area contributed by atoms with E-state index in [-0.39, 0.29) is 0 Å². The van der Waals surface area contributed by atoms with Crippen LogP contribution in [0, 0.1) is 6.92 Å². The van der Waals surface area contributed by atoms with E-state index in [1.807, 2.05) is 13.0 Å². The number of anilines is 1. The average Bonchev–Trinajstić information content (AvgIpc) is 2.59. The van der Waals surface area contributed by atoms with Gasteiger partial charge in [0.05, 0.1) is 0 Å². The molecule has 1 aromatic heterocycles. The number of nitrogens with two attached hydrogens (primary N) is 1. The summed E-state index contributed by atoms with van der Waals surface area (Å²) in [7, 11) is 2.21. The number of aromatic nitrogens is 2. The zero-order valence-corrected chi connectivity index (χ0v) is 10.1. The lowest BCUT2D eigenvalue weighted by Gasteiger charge is -2.18. The number of aryl methyl sites for hydroxylation is 2. The van der Waals surface area contributed by atoms with Gasteiger partial charge in [0.1, 0.15) is 0 Å². The molecule has 0 bridgehead atoms. The average molecular weight is 220 g/mol. The van der Waals surface area contributed by atoms with Gasteiger partial charge in [-0.3, -0.25) is 0 Å². The summed E-state index contributed by atoms with van der Waals surface area (Å²) < 4.78 is 0. The monoisotopic (exact) mass is 220 g/mol. The summed E-state index contributed by atoms with van der Waals surface area (Å²) in [5.74, 6) is 0.398. The van der Waals surface area contributed by atoms with E-state index in [4.69, 9.17) is 5.73 Å². The highest BCUT2D eigenvalue weighted by atomic mass is 15.1. The summed E-state index contributed by atoms with van der Waals surface area (Å²) in [4.78, 5) is 10.8. The number of nitrogen functional groups attached to an aromatic ring is 1. The summed E-state index contributed by atoms with van der Waals surface area (Å²) in [5.41, 5.74) is 7.67. The van der Waals surface area contributed by atoms with Crippen LogP contribution in [0.25, 0.3) is 0 Å². The van der Waals surface area contributed by atoms with Gasteiger partial charge in [0.2, 0.25) is 5.95 Å². The van der Waals surface area contributed by atoms with Crippen molar-refractivity contribution >= 4 is 5.95 Å². The first kappa shape index (κ1) is 11.3. The van der Waals surface area contributed by atoms with Gasteiger partial charge in [-0.05, 0) is 52.3 Å². The van der Waals surface area contributed by atoms with Crippen LogP contribution in [-0.4, -0.2) is 34.5 Å². The Labute approximate surface area is 96.9 Å². The smallest absolute Gasteiger partial charge is 0.220 e. The van der Waals surface area contributed by atoms with Crippen molar-refractivity contribution in [2.75, 3.05) is 19.3 Å². The number of hydrogen-bond donors (Lipinski definition) is 1. The van der Waals surface area contributed by atoms with Crippen LogP contribution in [0.2, 0.25) is 0 Å². The first-order chi connectivity index (χ1) is 7.65. The van der Waals surface area contributed by atoms with Gasteiger partial charge < -0.3 is 10.6 Å². The van der Waals surface area contributed by atoms with E-state index in [1.165, 1.54) is 25.8 Å². The number of nitrogens with zero attached hydrogens (tertiary/aromatic N) is 3. The first-order valence-electron chi connectivity index (χ1n) is 5.95. The molecule has 2 rings (SSSR count). The van der Waals surface area contributed by atoms with E-state index in [0.29, 0.717) is 5.95 Å². The van der Waals surface area contributed by atoms with Gasteiger partial charge in [-0.25, -0.2) is 9.97 Å². The molecule has 1 fully saturated rings. The molecule has 1 aliphatic heterocycles. The Morgan fingerprint density at radius 2 is 2.31 bits per heavy atom. The first-order valence-corrected chi connectivity index (χ1v) is 5.95. The van der Waals surface area contributed by atoms with Crippen molar-refractivity contribution in [3.8, 4) is 0 Å². The number of rotatable bonds is 3. The fourth-order valence-electron chi connectivity index (χ4n) is 2.45. The predicted octanol–water partition coefficient (Wildman–Crippen LogP) is 1.39. The standard InChI is InChI=1S/C12H20N4/c1-9-8-10(15-12(13)14-9)5-6-11-4-3-7-16(11)2/h8,11H,3-7H2,1-2H3,(H2,13,14,15). The highest BCUT2D eigenvalue weighted by Gasteiger charge is 2.20. The lowest BCUT2D eigenvalue weighted by atomic mass is 10.1. The van der Waals surface area contributed by atoms with Crippen molar-refractivity contribution in [3.05, 3.63) is 17.5 Å². The third-order valence-corrected chi connectivity index (χ3v) is 3.33. The number of likely N-dealkylation sites (tertiary alicyclic amines) is 1. The van der Waals surface area contributed by atoms with Gasteiger partial charge in [0.15, 0.2) is 0 Å². The van der Waals surface area contributed by atoms with Gasteiger partial charge in [-0.15, -0.1) is 0 Å². The van der Waals surface area contributed by atoms with Crippen LogP contribution in [0.15, 0.2) is 6.07 Å². The molecule has 2 N–H and O–H groups in total. The Morgan fingerprint density at radius 3 is 2.94 bits per heavy atom. The van der Waals surface area contributed by atoms with E-state index in [9.17, 15) is 0 Å². The fraction of sp³-hybridized carbons (Fsp3) is 0.667. The van der Waals surface area contributed by atoms with Crippen molar-refractivity contribution in [2.45, 2.75) is 38.6 Å². The molecule has 0 saturated carbocycles. The zero-order valence-electron chi connectivity index (χ0n) is 10.1. The van der Waals surface area contributed by atoms with Crippen LogP contribution in [-0.2, 0) is 6.42 Å². The third-order valence-electron chi connectivity index (χ3n) is 3.33. The SMILES string of the molecule is Cc1cc(CCC2CCCN2C)nc(N)n1. The van der Waals surface area contributed by atoms with Crippen molar-refractivity contribution in [3.63, 3.8) is 0 Å². The zero-order chi connectivity index (χ0) is 11.5. The van der Waals surface area contributed by atoms with Crippen molar-refractivity contribution in [1.29, 1.82) is 0 Å². The molecule has 1 aromatic rings. The molecule has 2 heterocycles. The van der Waals surface area contributed by atoms with E-state index < -0.39 is 0 Å². The summed E-state index contributed by atoms with van der Waals surface area (Å²) in [5, 5.41) is 0. The Hall–Kier alpha value is -1.16. The maximum Gasteiger partial charge on any atom is 0.220 e. The summed E-state index contributed by atoms with van der Waals surface area (Å²) >= 11 is 0. The summed E-state index contributed by atoms with van der Waals surface area (Å²) in [6.07, 6.45) is 4.82. The van der Waals surface area contributed by atoms with Crippen LogP contribution < -0.4 is 5.73 Å². The molecule has 1 aliphatic rings. The largest absolute Gasteiger partial charge is 0.368 e. The fourth-order valence-corrected chi connectivity index (χ4v) is 2.45. The van der Waals surface area contributed by atoms with Crippen molar-refractivity contribution in [1.82, 2.24) is 14.9 Å². The predicted molar refractivity (Wildman–Crippen MR) is 65.2 cm³/mol. The molecule has 16 heavy (non-hydrogen) atoms. The second kappa shape index (κ2) is 4.78. The second-order valence-corrected chi connectivity index (χ2v) is 4.67. The van der Waals surface area contributed by atoms with E-state index in [1.54, 1.807) is 0 Å². The molecule has 1 atom stereocenters. The van der Waals surface area contributed by atoms with E-state index in [0.717, 1.165) is 23.9 Å². The Morgan fingerprint density at radius 1 is 1.50 bits per heavy atom. The van der Waals surface area contributed by atoms with Crippen molar-refractivity contribution < 1.29 is 0 Å². The minimum Gasteiger partial charge on any atom is -0.368 e. The molecular weight excluding hydrogens is 200 g/mol. The third kappa shape index (κ3) is 2.70. The Bertz CT molecular complexity index is 344. The normalized spacial score (nSPS) is 21.5. The van der Waals surface area contributed by atoms with Gasteiger partial charge in [-0.2, -0.15) is 0 Å². The van der Waals surface area contributed by atoms with Gasteiger partial charge in [0, 0.05) is 17.4 Å². The second-order valence-electron chi connectivity index (χ2n) is 4.67. The van der Waals surface area contributed by atoms with Crippen LogP contribution in [0.1, 0.15) is 30.7 Å². The minimum atomic E-state index is 0.398. The molecule has 4 nitrogen and oxygen atoms in total. The molecule has 1 saturated heterocycles. The Kier molecular flexibility index (Phi) is 3.39. The maximum absolute atomic E-state index is 5.64. The van der Waals surface area contributed by atoms with Crippen molar-refractivity contribution in [2.24, 2.45) is 0 Å². The highest BCUT2D eigenvalue weighted by Crippen LogP contribution is 2.19. The molecular formula is C12H20N4. The van der Waals surface area contributed by atoms with Gasteiger partial charge in [0.25, 0.3) is 0 Å². The van der Waals surface area contributed by atoms with Crippen LogP contribution in [0.4, 0.5) is 5.95 Å².